The Morgan fingerprint density at radius 1 is 0.875 bits per heavy atom. The summed E-state index contributed by atoms with van der Waals surface area (Å²) in [6.07, 6.45) is 2.85. The van der Waals surface area contributed by atoms with Gasteiger partial charge in [-0.05, 0) is 84.6 Å². The maximum atomic E-state index is 13.2. The molecular weight excluding hydrogens is 513 g/mol. The molecule has 8 nitrogen and oxygen atoms in total. The number of likely N-dealkylation sites (N-methyl/N-ethyl adjacent to an activating group) is 1. The Morgan fingerprint density at radius 2 is 1.50 bits per heavy atom. The first-order valence-corrected chi connectivity index (χ1v) is 12.8. The van der Waals surface area contributed by atoms with Crippen molar-refractivity contribution in [2.45, 2.75) is 18.9 Å². The number of benzene rings is 3. The summed E-state index contributed by atoms with van der Waals surface area (Å²) in [5.74, 6) is -0.645. The summed E-state index contributed by atoms with van der Waals surface area (Å²) in [4.78, 5) is 42.1. The van der Waals surface area contributed by atoms with Gasteiger partial charge in [0.25, 0.3) is 5.91 Å². The summed E-state index contributed by atoms with van der Waals surface area (Å²) >= 11 is 0. The number of anilines is 1. The van der Waals surface area contributed by atoms with E-state index < -0.39 is 11.8 Å². The molecule has 1 N–H and O–H groups in total. The van der Waals surface area contributed by atoms with Crippen molar-refractivity contribution in [2.24, 2.45) is 0 Å². The number of fused-ring (bicyclic) bond motifs is 1. The van der Waals surface area contributed by atoms with E-state index in [1.807, 2.05) is 12.1 Å². The smallest absolute Gasteiger partial charge is 0.290 e. The van der Waals surface area contributed by atoms with Crippen LogP contribution in [-0.2, 0) is 22.4 Å². The zero-order valence-electron chi connectivity index (χ0n) is 21.9. The number of furan rings is 1. The van der Waals surface area contributed by atoms with E-state index in [0.29, 0.717) is 17.2 Å². The lowest BCUT2D eigenvalue weighted by Crippen LogP contribution is -2.47. The van der Waals surface area contributed by atoms with Gasteiger partial charge in [0.1, 0.15) is 30.4 Å². The molecule has 204 valence electrons. The lowest BCUT2D eigenvalue weighted by molar-refractivity contribution is -0.132. The molecule has 0 fully saturated rings. The molecule has 0 radical (unpaired) electrons. The fraction of sp³-hybridized carbons (Fsp3) is 0.194. The second-order valence-electron chi connectivity index (χ2n) is 9.60. The minimum absolute atomic E-state index is 0.0186. The van der Waals surface area contributed by atoms with Gasteiger partial charge in [-0.2, -0.15) is 0 Å². The fourth-order valence-electron chi connectivity index (χ4n) is 4.66. The van der Waals surface area contributed by atoms with Crippen LogP contribution in [0.3, 0.4) is 0 Å². The van der Waals surface area contributed by atoms with Crippen molar-refractivity contribution < 1.29 is 27.9 Å². The predicted molar refractivity (Wildman–Crippen MR) is 147 cm³/mol. The van der Waals surface area contributed by atoms with Crippen LogP contribution in [0, 0.1) is 5.82 Å². The van der Waals surface area contributed by atoms with E-state index in [2.05, 4.69) is 17.4 Å². The largest absolute Gasteiger partial charge is 0.459 e. The molecule has 5 rings (SSSR count). The van der Waals surface area contributed by atoms with Crippen LogP contribution in [0.4, 0.5) is 10.1 Å². The predicted octanol–water partition coefficient (Wildman–Crippen LogP) is 4.92. The van der Waals surface area contributed by atoms with E-state index in [-0.39, 0.29) is 36.6 Å². The average Bonchev–Trinajstić information content (AvgIpc) is 3.65. The van der Waals surface area contributed by atoms with Crippen LogP contribution >= 0.6 is 0 Å². The molecule has 40 heavy (non-hydrogen) atoms. The molecule has 1 heterocycles. The topological polar surface area (TPSA) is 92.1 Å². The van der Waals surface area contributed by atoms with E-state index in [1.54, 1.807) is 42.3 Å². The number of carbonyl (C=O) groups is 3. The van der Waals surface area contributed by atoms with Gasteiger partial charge in [0.2, 0.25) is 11.8 Å². The summed E-state index contributed by atoms with van der Waals surface area (Å²) in [5, 5.41) is 2.75. The maximum absolute atomic E-state index is 13.2. The molecule has 1 aromatic heterocycles. The molecule has 0 aliphatic heterocycles. The Hall–Kier alpha value is -4.92. The molecule has 3 amide bonds. The fourth-order valence-corrected chi connectivity index (χ4v) is 4.66. The Labute approximate surface area is 231 Å². The van der Waals surface area contributed by atoms with Crippen LogP contribution in [0.1, 0.15) is 21.7 Å². The zero-order valence-corrected chi connectivity index (χ0v) is 21.9. The normalized spacial score (nSPS) is 12.4. The number of carbonyl (C=O) groups excluding carboxylic acids is 3. The highest BCUT2D eigenvalue weighted by Gasteiger charge is 2.30. The Morgan fingerprint density at radius 3 is 2.10 bits per heavy atom. The highest BCUT2D eigenvalue weighted by Crippen LogP contribution is 2.25. The van der Waals surface area contributed by atoms with Crippen molar-refractivity contribution in [3.63, 3.8) is 0 Å². The zero-order chi connectivity index (χ0) is 28.1. The molecule has 1 aliphatic rings. The van der Waals surface area contributed by atoms with Crippen LogP contribution < -0.4 is 10.1 Å². The second kappa shape index (κ2) is 11.9. The van der Waals surface area contributed by atoms with Gasteiger partial charge in [-0.1, -0.05) is 24.3 Å². The highest BCUT2D eigenvalue weighted by molar-refractivity contribution is 5.99. The SMILES string of the molecule is CN(C(=O)CN(CC(=O)Nc1ccc(Oc2ccc(F)cc2)cc1)C(=O)c1ccco1)C1Cc2ccccc2C1. The van der Waals surface area contributed by atoms with Crippen molar-refractivity contribution >= 4 is 23.4 Å². The summed E-state index contributed by atoms with van der Waals surface area (Å²) < 4.78 is 24.0. The van der Waals surface area contributed by atoms with Crippen LogP contribution in [0.25, 0.3) is 0 Å². The Bertz CT molecular complexity index is 1460. The van der Waals surface area contributed by atoms with Crippen LogP contribution in [0.15, 0.2) is 95.6 Å². The molecule has 4 aromatic rings. The van der Waals surface area contributed by atoms with Gasteiger partial charge >= 0.3 is 0 Å². The first-order valence-electron chi connectivity index (χ1n) is 12.8. The molecule has 0 saturated heterocycles. The number of hydrogen-bond acceptors (Lipinski definition) is 5. The number of amides is 3. The van der Waals surface area contributed by atoms with Crippen LogP contribution in [0.2, 0.25) is 0 Å². The van der Waals surface area contributed by atoms with E-state index in [9.17, 15) is 18.8 Å². The van der Waals surface area contributed by atoms with Gasteiger partial charge in [-0.3, -0.25) is 14.4 Å². The lowest BCUT2D eigenvalue weighted by atomic mass is 10.1. The van der Waals surface area contributed by atoms with Crippen molar-refractivity contribution in [3.8, 4) is 11.5 Å². The number of halogens is 1. The Balaban J connectivity index is 1.22. The summed E-state index contributed by atoms with van der Waals surface area (Å²) in [5.41, 5.74) is 2.90. The molecule has 3 aromatic carbocycles. The van der Waals surface area contributed by atoms with Gasteiger partial charge in [0.15, 0.2) is 5.76 Å². The van der Waals surface area contributed by atoms with Gasteiger partial charge in [-0.15, -0.1) is 0 Å². The number of nitrogens with one attached hydrogen (secondary N) is 1. The second-order valence-corrected chi connectivity index (χ2v) is 9.60. The molecule has 0 unspecified atom stereocenters. The number of rotatable bonds is 9. The van der Waals surface area contributed by atoms with Crippen molar-refractivity contribution in [3.05, 3.63) is 114 Å². The van der Waals surface area contributed by atoms with Crippen molar-refractivity contribution in [1.82, 2.24) is 9.80 Å². The van der Waals surface area contributed by atoms with Gasteiger partial charge < -0.3 is 24.3 Å². The first-order chi connectivity index (χ1) is 19.4. The lowest BCUT2D eigenvalue weighted by Gasteiger charge is -2.28. The molecule has 9 heteroatoms. The van der Waals surface area contributed by atoms with E-state index in [0.717, 1.165) is 12.8 Å². The first kappa shape index (κ1) is 26.7. The summed E-state index contributed by atoms with van der Waals surface area (Å²) in [7, 11) is 1.73. The quantitative estimate of drug-likeness (QED) is 0.325. The summed E-state index contributed by atoms with van der Waals surface area (Å²) in [6.45, 7) is -0.626. The minimum atomic E-state index is -0.556. The third-order valence-corrected chi connectivity index (χ3v) is 6.84. The molecule has 0 saturated carbocycles. The molecule has 0 spiro atoms. The average molecular weight is 542 g/mol. The molecule has 1 aliphatic carbocycles. The maximum Gasteiger partial charge on any atom is 0.290 e. The van der Waals surface area contributed by atoms with E-state index in [4.69, 9.17) is 9.15 Å². The Kier molecular flexibility index (Phi) is 7.91. The van der Waals surface area contributed by atoms with Gasteiger partial charge in [0.05, 0.1) is 6.26 Å². The third kappa shape index (κ3) is 6.37. The summed E-state index contributed by atoms with van der Waals surface area (Å²) in [6, 6.07) is 23.4. The molecule has 0 atom stereocenters. The molecular formula is C31H28FN3O5. The highest BCUT2D eigenvalue weighted by atomic mass is 19.1. The minimum Gasteiger partial charge on any atom is -0.459 e. The van der Waals surface area contributed by atoms with Crippen LogP contribution in [0.5, 0.6) is 11.5 Å². The van der Waals surface area contributed by atoms with Crippen molar-refractivity contribution in [1.29, 1.82) is 0 Å². The standard InChI is InChI=1S/C31H28FN3O5/c1-34(25-17-21-5-2-3-6-22(21)18-25)30(37)20-35(31(38)28-7-4-16-39-28)19-29(36)33-24-10-14-27(15-11-24)40-26-12-8-23(32)9-13-26/h2-16,25H,17-20H2,1H3,(H,33,36). The van der Waals surface area contributed by atoms with Crippen LogP contribution in [-0.4, -0.2) is 53.7 Å². The van der Waals surface area contributed by atoms with Crippen molar-refractivity contribution in [2.75, 3.05) is 25.5 Å². The third-order valence-electron chi connectivity index (χ3n) is 6.84. The number of hydrogen-bond donors (Lipinski definition) is 1. The van der Waals surface area contributed by atoms with E-state index >= 15 is 0 Å². The number of nitrogens with zero attached hydrogens (tertiary/aromatic N) is 2. The number of ether oxygens (including phenoxy) is 1. The van der Waals surface area contributed by atoms with E-state index in [1.165, 1.54) is 52.6 Å². The van der Waals surface area contributed by atoms with Gasteiger partial charge in [-0.25, -0.2) is 4.39 Å². The van der Waals surface area contributed by atoms with Gasteiger partial charge in [0, 0.05) is 18.8 Å². The monoisotopic (exact) mass is 541 g/mol. The molecule has 0 bridgehead atoms.